The fraction of sp³-hybridized carbons (Fsp3) is 0.214. The Hall–Kier alpha value is -1.92. The van der Waals surface area contributed by atoms with Gasteiger partial charge in [0, 0.05) is 6.54 Å². The summed E-state index contributed by atoms with van der Waals surface area (Å²) in [7, 11) is -3.54. The van der Waals surface area contributed by atoms with E-state index in [1.54, 1.807) is 0 Å². The third-order valence-corrected chi connectivity index (χ3v) is 3.66. The van der Waals surface area contributed by atoms with E-state index in [0.717, 1.165) is 16.3 Å². The Balaban J connectivity index is 1.96. The molecular weight excluding hydrogens is 276 g/mol. The molecule has 2 aromatic rings. The number of amides is 1. The first-order valence-corrected chi connectivity index (χ1v) is 7.90. The highest BCUT2D eigenvalue weighted by Gasteiger charge is 2.06. The number of carbonyl (C=O) groups is 1. The molecule has 0 saturated carbocycles. The van der Waals surface area contributed by atoms with E-state index < -0.39 is 10.0 Å². The second-order valence-corrected chi connectivity index (χ2v) is 6.31. The zero-order valence-corrected chi connectivity index (χ0v) is 11.7. The average Bonchev–Trinajstić information content (AvgIpc) is 2.37. The molecule has 0 heterocycles. The van der Waals surface area contributed by atoms with Gasteiger partial charge in [-0.15, -0.1) is 0 Å². The molecule has 0 atom stereocenters. The molecule has 0 aromatic heterocycles. The Kier molecular flexibility index (Phi) is 4.36. The summed E-state index contributed by atoms with van der Waals surface area (Å²) >= 11 is 0. The minimum Gasteiger partial charge on any atom is -0.355 e. The van der Waals surface area contributed by atoms with Gasteiger partial charge in [0.1, 0.15) is 0 Å². The van der Waals surface area contributed by atoms with Crippen LogP contribution in [0.5, 0.6) is 0 Å². The second-order valence-electron chi connectivity index (χ2n) is 4.58. The number of primary sulfonamides is 1. The minimum absolute atomic E-state index is 0.0330. The fourth-order valence-electron chi connectivity index (χ4n) is 1.93. The monoisotopic (exact) mass is 292 g/mol. The van der Waals surface area contributed by atoms with Crippen molar-refractivity contribution in [1.29, 1.82) is 0 Å². The van der Waals surface area contributed by atoms with Crippen LogP contribution in [0.1, 0.15) is 5.56 Å². The third kappa shape index (κ3) is 4.32. The van der Waals surface area contributed by atoms with Crippen molar-refractivity contribution in [3.63, 3.8) is 0 Å². The minimum atomic E-state index is -3.54. The molecule has 3 N–H and O–H groups in total. The van der Waals surface area contributed by atoms with Crippen LogP contribution in [0.2, 0.25) is 0 Å². The molecule has 2 rings (SSSR count). The van der Waals surface area contributed by atoms with Gasteiger partial charge in [0.15, 0.2) is 0 Å². The number of sulfonamides is 1. The van der Waals surface area contributed by atoms with Crippen molar-refractivity contribution in [2.24, 2.45) is 5.14 Å². The van der Waals surface area contributed by atoms with Gasteiger partial charge in [-0.3, -0.25) is 4.79 Å². The summed E-state index contributed by atoms with van der Waals surface area (Å²) in [5.41, 5.74) is 0.886. The lowest BCUT2D eigenvalue weighted by Gasteiger charge is -2.05. The lowest BCUT2D eigenvalue weighted by molar-refractivity contribution is -0.120. The first-order valence-electron chi connectivity index (χ1n) is 6.19. The van der Waals surface area contributed by atoms with Crippen LogP contribution in [-0.4, -0.2) is 26.6 Å². The predicted octanol–water partition coefficient (Wildman–Crippen LogP) is 0.787. The largest absolute Gasteiger partial charge is 0.355 e. The molecule has 1 amide bonds. The maximum atomic E-state index is 11.7. The van der Waals surface area contributed by atoms with Gasteiger partial charge in [-0.2, -0.15) is 0 Å². The van der Waals surface area contributed by atoms with Gasteiger partial charge in [-0.05, 0) is 16.3 Å². The standard InChI is InChI=1S/C14H16N2O3S/c15-20(18,19)8-7-16-14(17)10-11-5-6-12-3-1-2-4-13(12)9-11/h1-6,9H,7-8,10H2,(H,16,17)(H2,15,18,19). The molecule has 0 aliphatic carbocycles. The van der Waals surface area contributed by atoms with Gasteiger partial charge in [-0.25, -0.2) is 13.6 Å². The highest BCUT2D eigenvalue weighted by molar-refractivity contribution is 7.89. The highest BCUT2D eigenvalue weighted by Crippen LogP contribution is 2.15. The van der Waals surface area contributed by atoms with E-state index in [1.165, 1.54) is 0 Å². The fourth-order valence-corrected chi connectivity index (χ4v) is 2.32. The third-order valence-electron chi connectivity index (χ3n) is 2.89. The number of nitrogens with one attached hydrogen (secondary N) is 1. The highest BCUT2D eigenvalue weighted by atomic mass is 32.2. The smallest absolute Gasteiger partial charge is 0.224 e. The van der Waals surface area contributed by atoms with Crippen LogP contribution in [0.15, 0.2) is 42.5 Å². The Morgan fingerprint density at radius 1 is 1.10 bits per heavy atom. The molecule has 0 spiro atoms. The summed E-state index contributed by atoms with van der Waals surface area (Å²) in [6.07, 6.45) is 0.218. The molecule has 0 bridgehead atoms. The van der Waals surface area contributed by atoms with E-state index in [2.05, 4.69) is 5.32 Å². The SMILES string of the molecule is NS(=O)(=O)CCNC(=O)Cc1ccc2ccccc2c1. The van der Waals surface area contributed by atoms with E-state index in [9.17, 15) is 13.2 Å². The van der Waals surface area contributed by atoms with Crippen LogP contribution < -0.4 is 10.5 Å². The number of hydrogen-bond donors (Lipinski definition) is 2. The van der Waals surface area contributed by atoms with Gasteiger partial charge >= 0.3 is 0 Å². The van der Waals surface area contributed by atoms with Crippen molar-refractivity contribution >= 4 is 26.7 Å². The van der Waals surface area contributed by atoms with Crippen LogP contribution in [0.25, 0.3) is 10.8 Å². The summed E-state index contributed by atoms with van der Waals surface area (Å²) in [6, 6.07) is 13.7. The van der Waals surface area contributed by atoms with Crippen LogP contribution >= 0.6 is 0 Å². The quantitative estimate of drug-likeness (QED) is 0.853. The molecule has 5 nitrogen and oxygen atoms in total. The molecule has 0 radical (unpaired) electrons. The lowest BCUT2D eigenvalue weighted by atomic mass is 10.1. The zero-order chi connectivity index (χ0) is 14.6. The average molecular weight is 292 g/mol. The van der Waals surface area contributed by atoms with E-state index in [1.807, 2.05) is 42.5 Å². The molecule has 106 valence electrons. The molecule has 0 aliphatic rings. The Bertz CT molecular complexity index is 726. The topological polar surface area (TPSA) is 89.3 Å². The summed E-state index contributed by atoms with van der Waals surface area (Å²) in [5, 5.41) is 9.58. The molecule has 6 heteroatoms. The maximum Gasteiger partial charge on any atom is 0.224 e. The van der Waals surface area contributed by atoms with Gasteiger partial charge < -0.3 is 5.32 Å². The van der Waals surface area contributed by atoms with Crippen molar-refractivity contribution in [3.05, 3.63) is 48.0 Å². The number of fused-ring (bicyclic) bond motifs is 1. The molecule has 0 saturated heterocycles. The normalized spacial score (nSPS) is 11.4. The number of carbonyl (C=O) groups excluding carboxylic acids is 1. The first-order chi connectivity index (χ1) is 9.44. The van der Waals surface area contributed by atoms with Crippen molar-refractivity contribution in [3.8, 4) is 0 Å². The van der Waals surface area contributed by atoms with Crippen LogP contribution in [-0.2, 0) is 21.2 Å². The summed E-state index contributed by atoms with van der Waals surface area (Å²) in [5.74, 6) is -0.472. The van der Waals surface area contributed by atoms with Crippen molar-refractivity contribution in [1.82, 2.24) is 5.32 Å². The number of hydrogen-bond acceptors (Lipinski definition) is 3. The van der Waals surface area contributed by atoms with Gasteiger partial charge in [-0.1, -0.05) is 42.5 Å². The molecule has 20 heavy (non-hydrogen) atoms. The van der Waals surface area contributed by atoms with Crippen LogP contribution in [0.3, 0.4) is 0 Å². The number of rotatable bonds is 5. The van der Waals surface area contributed by atoms with Crippen molar-refractivity contribution in [2.45, 2.75) is 6.42 Å². The van der Waals surface area contributed by atoms with Gasteiger partial charge in [0.05, 0.1) is 12.2 Å². The van der Waals surface area contributed by atoms with Gasteiger partial charge in [0.25, 0.3) is 0 Å². The predicted molar refractivity (Wildman–Crippen MR) is 78.6 cm³/mol. The lowest BCUT2D eigenvalue weighted by Crippen LogP contribution is -2.32. The summed E-state index contributed by atoms with van der Waals surface area (Å²) < 4.78 is 21.5. The van der Waals surface area contributed by atoms with Crippen LogP contribution in [0, 0.1) is 0 Å². The Morgan fingerprint density at radius 2 is 1.80 bits per heavy atom. The number of nitrogens with two attached hydrogens (primary N) is 1. The second kappa shape index (κ2) is 6.02. The molecule has 0 aliphatic heterocycles. The Morgan fingerprint density at radius 3 is 2.50 bits per heavy atom. The van der Waals surface area contributed by atoms with Crippen molar-refractivity contribution in [2.75, 3.05) is 12.3 Å². The maximum absolute atomic E-state index is 11.7. The van der Waals surface area contributed by atoms with E-state index in [4.69, 9.17) is 5.14 Å². The first kappa shape index (κ1) is 14.5. The van der Waals surface area contributed by atoms with Crippen LogP contribution in [0.4, 0.5) is 0 Å². The Labute approximate surface area is 117 Å². The molecule has 0 fully saturated rings. The van der Waals surface area contributed by atoms with Gasteiger partial charge in [0.2, 0.25) is 15.9 Å². The zero-order valence-electron chi connectivity index (χ0n) is 10.9. The summed E-state index contributed by atoms with van der Waals surface area (Å²) in [4.78, 5) is 11.7. The number of benzene rings is 2. The van der Waals surface area contributed by atoms with Crippen molar-refractivity contribution < 1.29 is 13.2 Å². The summed E-state index contributed by atoms with van der Waals surface area (Å²) in [6.45, 7) is 0.0330. The molecule has 0 unspecified atom stereocenters. The molecular formula is C14H16N2O3S. The van der Waals surface area contributed by atoms with E-state index in [-0.39, 0.29) is 24.6 Å². The van der Waals surface area contributed by atoms with E-state index in [0.29, 0.717) is 0 Å². The van der Waals surface area contributed by atoms with E-state index >= 15 is 0 Å². The molecule has 2 aromatic carbocycles.